The predicted octanol–water partition coefficient (Wildman–Crippen LogP) is 3.49. The number of halogens is 1. The fourth-order valence-electron chi connectivity index (χ4n) is 2.36. The van der Waals surface area contributed by atoms with Crippen molar-refractivity contribution < 1.29 is 13.2 Å². The highest BCUT2D eigenvalue weighted by Gasteiger charge is 2.14. The van der Waals surface area contributed by atoms with Gasteiger partial charge in [0.2, 0.25) is 0 Å². The Morgan fingerprint density at radius 2 is 1.96 bits per heavy atom. The number of aryl methyl sites for hydroxylation is 1. The van der Waals surface area contributed by atoms with Crippen LogP contribution in [-0.4, -0.2) is 30.4 Å². The Morgan fingerprint density at radius 3 is 2.65 bits per heavy atom. The van der Waals surface area contributed by atoms with Gasteiger partial charge in [0.1, 0.15) is 0 Å². The maximum absolute atomic E-state index is 12.5. The van der Waals surface area contributed by atoms with Crippen LogP contribution in [0.25, 0.3) is 5.69 Å². The van der Waals surface area contributed by atoms with Gasteiger partial charge in [0, 0.05) is 23.2 Å². The smallest absolute Gasteiger partial charge is 0.258 e. The van der Waals surface area contributed by atoms with E-state index in [-0.39, 0.29) is 10.8 Å². The van der Waals surface area contributed by atoms with Crippen molar-refractivity contribution in [2.24, 2.45) is 0 Å². The van der Waals surface area contributed by atoms with Crippen LogP contribution in [0.5, 0.6) is 0 Å². The SMILES string of the molecule is Cc1ccc(S(C)(=O)=O)cc1NC(=O)c1cnn(-c2cccc(Cl)c2)c1. The lowest BCUT2D eigenvalue weighted by Gasteiger charge is -2.09. The number of amides is 1. The summed E-state index contributed by atoms with van der Waals surface area (Å²) in [7, 11) is -3.36. The normalized spacial score (nSPS) is 11.3. The topological polar surface area (TPSA) is 81.1 Å². The second-order valence-electron chi connectivity index (χ2n) is 5.86. The molecule has 134 valence electrons. The first kappa shape index (κ1) is 18.2. The highest BCUT2D eigenvalue weighted by atomic mass is 35.5. The number of hydrogen-bond donors (Lipinski definition) is 1. The zero-order chi connectivity index (χ0) is 18.9. The molecule has 0 bridgehead atoms. The average molecular weight is 390 g/mol. The van der Waals surface area contributed by atoms with E-state index in [1.54, 1.807) is 42.1 Å². The molecule has 8 heteroatoms. The van der Waals surface area contributed by atoms with Gasteiger partial charge < -0.3 is 5.32 Å². The van der Waals surface area contributed by atoms with E-state index in [0.29, 0.717) is 16.3 Å². The van der Waals surface area contributed by atoms with Gasteiger partial charge in [0.05, 0.1) is 22.3 Å². The maximum Gasteiger partial charge on any atom is 0.258 e. The fourth-order valence-corrected chi connectivity index (χ4v) is 3.19. The minimum absolute atomic E-state index is 0.146. The van der Waals surface area contributed by atoms with Crippen molar-refractivity contribution in [2.75, 3.05) is 11.6 Å². The van der Waals surface area contributed by atoms with Crippen LogP contribution in [-0.2, 0) is 9.84 Å². The van der Waals surface area contributed by atoms with Gasteiger partial charge in [0.25, 0.3) is 5.91 Å². The third-order valence-corrected chi connectivity index (χ3v) is 5.15. The molecular formula is C18H16ClN3O3S. The Labute approximate surface area is 156 Å². The first-order chi connectivity index (χ1) is 12.2. The number of nitrogens with one attached hydrogen (secondary N) is 1. The number of nitrogens with zero attached hydrogens (tertiary/aromatic N) is 2. The zero-order valence-electron chi connectivity index (χ0n) is 14.1. The molecule has 0 aliphatic heterocycles. The zero-order valence-corrected chi connectivity index (χ0v) is 15.7. The third-order valence-electron chi connectivity index (χ3n) is 3.80. The largest absolute Gasteiger partial charge is 0.322 e. The molecule has 0 aliphatic rings. The van der Waals surface area contributed by atoms with Crippen molar-refractivity contribution >= 4 is 33.0 Å². The molecule has 0 radical (unpaired) electrons. The molecular weight excluding hydrogens is 374 g/mol. The van der Waals surface area contributed by atoms with Gasteiger partial charge in [-0.3, -0.25) is 4.79 Å². The number of sulfone groups is 1. The average Bonchev–Trinajstić information content (AvgIpc) is 3.06. The van der Waals surface area contributed by atoms with Crippen LogP contribution in [0, 0.1) is 6.92 Å². The van der Waals surface area contributed by atoms with Gasteiger partial charge in [-0.15, -0.1) is 0 Å². The van der Waals surface area contributed by atoms with Crippen LogP contribution in [0.4, 0.5) is 5.69 Å². The van der Waals surface area contributed by atoms with Gasteiger partial charge in [-0.05, 0) is 42.8 Å². The molecule has 0 saturated carbocycles. The highest BCUT2D eigenvalue weighted by molar-refractivity contribution is 7.90. The first-order valence-corrected chi connectivity index (χ1v) is 9.93. The molecule has 0 spiro atoms. The lowest BCUT2D eigenvalue weighted by molar-refractivity contribution is 0.102. The Morgan fingerprint density at radius 1 is 1.19 bits per heavy atom. The van der Waals surface area contributed by atoms with Gasteiger partial charge in [-0.2, -0.15) is 5.10 Å². The van der Waals surface area contributed by atoms with E-state index in [0.717, 1.165) is 17.5 Å². The van der Waals surface area contributed by atoms with Crippen molar-refractivity contribution in [1.82, 2.24) is 9.78 Å². The van der Waals surface area contributed by atoms with E-state index < -0.39 is 9.84 Å². The Balaban J connectivity index is 1.86. The minimum Gasteiger partial charge on any atom is -0.322 e. The van der Waals surface area contributed by atoms with Gasteiger partial charge in [-0.1, -0.05) is 23.7 Å². The summed E-state index contributed by atoms with van der Waals surface area (Å²) in [5.74, 6) is -0.382. The second kappa shape index (κ2) is 6.93. The van der Waals surface area contributed by atoms with E-state index in [9.17, 15) is 13.2 Å². The Bertz CT molecular complexity index is 1090. The van der Waals surface area contributed by atoms with Crippen LogP contribution < -0.4 is 5.32 Å². The molecule has 6 nitrogen and oxygen atoms in total. The minimum atomic E-state index is -3.36. The van der Waals surface area contributed by atoms with E-state index in [4.69, 9.17) is 11.6 Å². The summed E-state index contributed by atoms with van der Waals surface area (Å²) in [6.07, 6.45) is 4.14. The van der Waals surface area contributed by atoms with Crippen LogP contribution in [0.3, 0.4) is 0 Å². The van der Waals surface area contributed by atoms with Gasteiger partial charge >= 0.3 is 0 Å². The first-order valence-electron chi connectivity index (χ1n) is 7.67. The third kappa shape index (κ3) is 3.95. The molecule has 26 heavy (non-hydrogen) atoms. The molecule has 3 rings (SSSR count). The van der Waals surface area contributed by atoms with Gasteiger partial charge in [0.15, 0.2) is 9.84 Å². The van der Waals surface area contributed by atoms with Crippen LogP contribution >= 0.6 is 11.6 Å². The Hall–Kier alpha value is -2.64. The van der Waals surface area contributed by atoms with Crippen LogP contribution in [0.1, 0.15) is 15.9 Å². The highest BCUT2D eigenvalue weighted by Crippen LogP contribution is 2.21. The van der Waals surface area contributed by atoms with Crippen LogP contribution in [0.15, 0.2) is 59.8 Å². The summed E-state index contributed by atoms with van der Waals surface area (Å²) in [5, 5.41) is 7.47. The van der Waals surface area contributed by atoms with Crippen molar-refractivity contribution in [3.8, 4) is 5.69 Å². The fraction of sp³-hybridized carbons (Fsp3) is 0.111. The molecule has 0 fully saturated rings. The number of carbonyl (C=O) groups is 1. The molecule has 0 atom stereocenters. The summed E-state index contributed by atoms with van der Waals surface area (Å²) in [6.45, 7) is 1.79. The Kier molecular flexibility index (Phi) is 4.84. The monoisotopic (exact) mass is 389 g/mol. The van der Waals surface area contributed by atoms with Crippen molar-refractivity contribution in [2.45, 2.75) is 11.8 Å². The summed E-state index contributed by atoms with van der Waals surface area (Å²) < 4.78 is 24.9. The summed E-state index contributed by atoms with van der Waals surface area (Å²) >= 11 is 5.97. The van der Waals surface area contributed by atoms with Gasteiger partial charge in [-0.25, -0.2) is 13.1 Å². The molecule has 0 unspecified atom stereocenters. The standard InChI is InChI=1S/C18H16ClN3O3S/c1-12-6-7-16(26(2,24)25)9-17(12)21-18(23)13-10-20-22(11-13)15-5-3-4-14(19)8-15/h3-11H,1-2H3,(H,21,23). The molecule has 1 N–H and O–H groups in total. The van der Waals surface area contributed by atoms with Crippen molar-refractivity contribution in [3.63, 3.8) is 0 Å². The number of hydrogen-bond acceptors (Lipinski definition) is 4. The molecule has 3 aromatic rings. The lowest BCUT2D eigenvalue weighted by atomic mass is 10.2. The van der Waals surface area contributed by atoms with E-state index in [2.05, 4.69) is 10.4 Å². The predicted molar refractivity (Wildman–Crippen MR) is 101 cm³/mol. The number of benzene rings is 2. The van der Waals surface area contributed by atoms with E-state index in [1.807, 2.05) is 6.07 Å². The van der Waals surface area contributed by atoms with Crippen molar-refractivity contribution in [1.29, 1.82) is 0 Å². The molecule has 0 aliphatic carbocycles. The van der Waals surface area contributed by atoms with E-state index >= 15 is 0 Å². The summed E-state index contributed by atoms with van der Waals surface area (Å²) in [5.41, 5.74) is 2.27. The lowest BCUT2D eigenvalue weighted by Crippen LogP contribution is -2.12. The summed E-state index contributed by atoms with van der Waals surface area (Å²) in [4.78, 5) is 12.6. The molecule has 1 amide bonds. The molecule has 1 aromatic heterocycles. The maximum atomic E-state index is 12.5. The number of carbonyl (C=O) groups excluding carboxylic acids is 1. The molecule has 1 heterocycles. The number of aromatic nitrogens is 2. The van der Waals surface area contributed by atoms with Crippen molar-refractivity contribution in [3.05, 3.63) is 71.0 Å². The second-order valence-corrected chi connectivity index (χ2v) is 8.31. The number of anilines is 1. The number of rotatable bonds is 4. The quantitative estimate of drug-likeness (QED) is 0.740. The van der Waals surface area contributed by atoms with E-state index in [1.165, 1.54) is 18.3 Å². The summed E-state index contributed by atoms with van der Waals surface area (Å²) in [6, 6.07) is 11.7. The molecule has 2 aromatic carbocycles. The van der Waals surface area contributed by atoms with Crippen LogP contribution in [0.2, 0.25) is 5.02 Å². The molecule has 0 saturated heterocycles.